The average molecular weight is 477 g/mol. The van der Waals surface area contributed by atoms with Gasteiger partial charge in [0.1, 0.15) is 0 Å². The third-order valence-corrected chi connectivity index (χ3v) is 3.41. The van der Waals surface area contributed by atoms with Crippen LogP contribution in [0.5, 0.6) is 0 Å². The maximum atomic E-state index is 13.2. The molecule has 0 aliphatic rings. The van der Waals surface area contributed by atoms with Crippen LogP contribution in [0.25, 0.3) is 0 Å². The summed E-state index contributed by atoms with van der Waals surface area (Å²) in [4.78, 5) is 0. The Hall–Kier alpha value is -1.23. The van der Waals surface area contributed by atoms with Crippen molar-refractivity contribution in [2.45, 2.75) is 67.0 Å². The molecule has 0 radical (unpaired) electrons. The van der Waals surface area contributed by atoms with Crippen LogP contribution in [0.15, 0.2) is 0 Å². The molecule has 0 saturated heterocycles. The second kappa shape index (κ2) is 8.13. The van der Waals surface area contributed by atoms with E-state index in [4.69, 9.17) is 0 Å². The van der Waals surface area contributed by atoms with E-state index in [1.165, 1.54) is 0 Å². The minimum Gasteiger partial charge on any atom is -0.267 e. The Morgan fingerprint density at radius 2 is 0.793 bits per heavy atom. The molecule has 0 aliphatic carbocycles. The molecule has 0 spiro atoms. The predicted octanol–water partition coefficient (Wildman–Crippen LogP) is 5.03. The van der Waals surface area contributed by atoms with Crippen LogP contribution in [0, 0.1) is 0 Å². The minimum atomic E-state index is -7.93. The Labute approximate surface area is 149 Å². The second-order valence-electron chi connectivity index (χ2n) is 5.48. The van der Waals surface area contributed by atoms with E-state index < -0.39 is 67.0 Å². The van der Waals surface area contributed by atoms with Crippen LogP contribution in [-0.2, 0) is 0 Å². The Balaban J connectivity index is 6.02. The summed E-state index contributed by atoms with van der Waals surface area (Å²) in [5.74, 6) is -30.8. The average Bonchev–Trinajstić information content (AvgIpc) is 2.56. The third-order valence-electron chi connectivity index (χ3n) is 3.41. The summed E-state index contributed by atoms with van der Waals surface area (Å²) in [5.41, 5.74) is 3.19. The number of hydrogen-bond donors (Lipinski definition) is 1. The van der Waals surface area contributed by atoms with Crippen molar-refractivity contribution in [2.75, 3.05) is 0 Å². The predicted molar refractivity (Wildman–Crippen MR) is 59.4 cm³/mol. The van der Waals surface area contributed by atoms with Gasteiger partial charge >= 0.3 is 29.7 Å². The molecule has 29 heavy (non-hydrogen) atoms. The molecule has 0 amide bonds. The highest BCUT2D eigenvalue weighted by molar-refractivity contribution is 5.10. The zero-order chi connectivity index (χ0) is 24.0. The fraction of sp³-hybridized carbons (Fsp3) is 1.00. The largest absolute Gasteiger partial charge is 0.392 e. The van der Waals surface area contributed by atoms with Crippen molar-refractivity contribution in [2.24, 2.45) is 5.73 Å². The minimum absolute atomic E-state index is 3.19. The molecule has 0 saturated carbocycles. The van der Waals surface area contributed by atoms with Gasteiger partial charge in [0.15, 0.2) is 24.7 Å². The first kappa shape index (κ1) is 27.8. The SMILES string of the molecule is NC(F)(F)C(F)(F)C(F)(F)C(F)(F)C(F)(F)C(F)C(F)C(F)C(F)C(F)C(F)F. The van der Waals surface area contributed by atoms with Crippen molar-refractivity contribution < 1.29 is 74.6 Å². The maximum absolute atomic E-state index is 13.2. The first-order valence-electron chi connectivity index (χ1n) is 6.66. The van der Waals surface area contributed by atoms with Crippen molar-refractivity contribution in [3.8, 4) is 0 Å². The quantitative estimate of drug-likeness (QED) is 0.347. The lowest BCUT2D eigenvalue weighted by molar-refractivity contribution is -0.408. The van der Waals surface area contributed by atoms with Crippen LogP contribution in [0.2, 0.25) is 0 Å². The van der Waals surface area contributed by atoms with Gasteiger partial charge in [0, 0.05) is 0 Å². The maximum Gasteiger partial charge on any atom is 0.392 e. The number of rotatable bonds is 10. The molecule has 0 aromatic rings. The highest BCUT2D eigenvalue weighted by Crippen LogP contribution is 2.57. The normalized spacial score (nSPS) is 20.4. The Morgan fingerprint density at radius 3 is 1.10 bits per heavy atom. The Kier molecular flexibility index (Phi) is 7.78. The van der Waals surface area contributed by atoms with Gasteiger partial charge in [0.25, 0.3) is 6.43 Å². The van der Waals surface area contributed by atoms with E-state index in [0.717, 1.165) is 0 Å². The van der Waals surface area contributed by atoms with E-state index >= 15 is 0 Å². The van der Waals surface area contributed by atoms with Crippen LogP contribution in [-0.4, -0.2) is 67.0 Å². The van der Waals surface area contributed by atoms with Gasteiger partial charge in [-0.25, -0.2) is 30.7 Å². The van der Waals surface area contributed by atoms with E-state index in [-0.39, 0.29) is 0 Å². The van der Waals surface area contributed by atoms with Crippen molar-refractivity contribution in [1.82, 2.24) is 0 Å². The summed E-state index contributed by atoms with van der Waals surface area (Å²) >= 11 is 0. The zero-order valence-electron chi connectivity index (χ0n) is 13.0. The lowest BCUT2D eigenvalue weighted by atomic mass is 9.91. The molecular formula is C11H8F17N. The summed E-state index contributed by atoms with van der Waals surface area (Å²) in [6.07, 6.45) is -28.9. The van der Waals surface area contributed by atoms with E-state index in [0.29, 0.717) is 0 Å². The van der Waals surface area contributed by atoms with E-state index in [9.17, 15) is 74.6 Å². The topological polar surface area (TPSA) is 26.0 Å². The molecule has 5 unspecified atom stereocenters. The summed E-state index contributed by atoms with van der Waals surface area (Å²) in [7, 11) is 0. The molecule has 18 heteroatoms. The van der Waals surface area contributed by atoms with Crippen LogP contribution in [0.3, 0.4) is 0 Å². The molecular weight excluding hydrogens is 469 g/mol. The fourth-order valence-corrected chi connectivity index (χ4v) is 1.64. The van der Waals surface area contributed by atoms with Gasteiger partial charge in [-0.2, -0.15) is 43.9 Å². The summed E-state index contributed by atoms with van der Waals surface area (Å²) in [5, 5.41) is 0. The van der Waals surface area contributed by atoms with Crippen molar-refractivity contribution in [1.29, 1.82) is 0 Å². The monoisotopic (exact) mass is 477 g/mol. The molecule has 0 bridgehead atoms. The highest BCUT2D eigenvalue weighted by Gasteiger charge is 2.87. The van der Waals surface area contributed by atoms with Crippen LogP contribution >= 0.6 is 0 Å². The molecule has 0 heterocycles. The number of hydrogen-bond acceptors (Lipinski definition) is 1. The van der Waals surface area contributed by atoms with Gasteiger partial charge in [0.05, 0.1) is 0 Å². The number of nitrogens with two attached hydrogens (primary N) is 1. The molecule has 5 atom stereocenters. The van der Waals surface area contributed by atoms with Crippen LogP contribution < -0.4 is 5.73 Å². The fourth-order valence-electron chi connectivity index (χ4n) is 1.64. The lowest BCUT2D eigenvalue weighted by Gasteiger charge is -2.39. The van der Waals surface area contributed by atoms with Crippen LogP contribution in [0.1, 0.15) is 0 Å². The van der Waals surface area contributed by atoms with E-state index in [1.54, 1.807) is 0 Å². The van der Waals surface area contributed by atoms with Crippen molar-refractivity contribution in [3.05, 3.63) is 0 Å². The smallest absolute Gasteiger partial charge is 0.267 e. The van der Waals surface area contributed by atoms with Crippen molar-refractivity contribution in [3.63, 3.8) is 0 Å². The first-order chi connectivity index (χ1) is 12.5. The second-order valence-corrected chi connectivity index (χ2v) is 5.48. The number of alkyl halides is 17. The van der Waals surface area contributed by atoms with E-state index in [1.807, 2.05) is 0 Å². The molecule has 0 aromatic heterocycles. The van der Waals surface area contributed by atoms with Crippen molar-refractivity contribution >= 4 is 0 Å². The molecule has 0 fully saturated rings. The van der Waals surface area contributed by atoms with Gasteiger partial charge < -0.3 is 0 Å². The molecule has 2 N–H and O–H groups in total. The molecule has 0 aromatic carbocycles. The lowest BCUT2D eigenvalue weighted by Crippen LogP contribution is -2.71. The first-order valence-corrected chi connectivity index (χ1v) is 6.66. The highest BCUT2D eigenvalue weighted by atomic mass is 19.4. The Morgan fingerprint density at radius 1 is 0.448 bits per heavy atom. The summed E-state index contributed by atoms with van der Waals surface area (Å²) in [6, 6.07) is -6.62. The summed E-state index contributed by atoms with van der Waals surface area (Å²) in [6.45, 7) is 0. The van der Waals surface area contributed by atoms with Gasteiger partial charge in [-0.05, 0) is 0 Å². The standard InChI is InChI=1S/C11H8F17N/c12-1(2(13)4(15)6(17)18)3(14)5(16)7(19,20)8(21,22)9(23,24)10(25,26)11(27,28)29/h1-6H,29H2. The summed E-state index contributed by atoms with van der Waals surface area (Å²) < 4.78 is 217. The van der Waals surface area contributed by atoms with Gasteiger partial charge in [-0.1, -0.05) is 0 Å². The third kappa shape index (κ3) is 4.45. The molecule has 0 aliphatic heterocycles. The molecule has 1 nitrogen and oxygen atoms in total. The van der Waals surface area contributed by atoms with Gasteiger partial charge in [-0.3, -0.25) is 5.73 Å². The van der Waals surface area contributed by atoms with E-state index in [2.05, 4.69) is 5.73 Å². The Bertz CT molecular complexity index is 542. The van der Waals surface area contributed by atoms with Gasteiger partial charge in [0.2, 0.25) is 6.17 Å². The molecule has 176 valence electrons. The molecule has 0 rings (SSSR count). The van der Waals surface area contributed by atoms with Gasteiger partial charge in [-0.15, -0.1) is 0 Å². The van der Waals surface area contributed by atoms with Crippen LogP contribution in [0.4, 0.5) is 74.6 Å². The number of halogens is 17. The zero-order valence-corrected chi connectivity index (χ0v) is 13.0.